The minimum absolute atomic E-state index is 0.120. The highest BCUT2D eigenvalue weighted by atomic mass is 16.1. The van der Waals surface area contributed by atoms with Gasteiger partial charge >= 0.3 is 0 Å². The van der Waals surface area contributed by atoms with Crippen molar-refractivity contribution in [3.05, 3.63) is 65.7 Å². The fraction of sp³-hybridized carbons (Fsp3) is 0. The number of carbonyl (C=O) groups excluding carboxylic acids is 2. The highest BCUT2D eigenvalue weighted by molar-refractivity contribution is 6.28. The number of fused-ring (bicyclic) bond motifs is 5. The van der Waals surface area contributed by atoms with Crippen molar-refractivity contribution in [3.63, 3.8) is 0 Å². The normalized spacial score (nSPS) is 13.9. The van der Waals surface area contributed by atoms with Gasteiger partial charge in [-0.15, -0.1) is 0 Å². The van der Waals surface area contributed by atoms with E-state index in [-0.39, 0.29) is 11.6 Å². The van der Waals surface area contributed by atoms with E-state index >= 15 is 0 Å². The average molecular weight is 273 g/mol. The zero-order chi connectivity index (χ0) is 14.6. The SMILES string of the molecule is Nc1ccc2c(ccc3c4c(ccc32)C(=O)C=CC4=O)c1. The second kappa shape index (κ2) is 4.03. The molecule has 3 aromatic carbocycles. The first-order chi connectivity index (χ1) is 10.1. The summed E-state index contributed by atoms with van der Waals surface area (Å²) in [6, 6.07) is 13.2. The van der Waals surface area contributed by atoms with E-state index in [0.29, 0.717) is 16.8 Å². The number of ketones is 2. The first kappa shape index (κ1) is 11.9. The molecule has 3 aromatic rings. The van der Waals surface area contributed by atoms with Gasteiger partial charge < -0.3 is 5.73 Å². The van der Waals surface area contributed by atoms with Gasteiger partial charge in [0.15, 0.2) is 11.6 Å². The fourth-order valence-corrected chi connectivity index (χ4v) is 2.96. The van der Waals surface area contributed by atoms with Gasteiger partial charge in [0.05, 0.1) is 0 Å². The van der Waals surface area contributed by atoms with Crippen LogP contribution < -0.4 is 5.73 Å². The van der Waals surface area contributed by atoms with Crippen LogP contribution in [0.1, 0.15) is 20.7 Å². The van der Waals surface area contributed by atoms with Crippen LogP contribution in [0.15, 0.2) is 54.6 Å². The number of hydrogen-bond acceptors (Lipinski definition) is 3. The van der Waals surface area contributed by atoms with Crippen LogP contribution in [0.2, 0.25) is 0 Å². The maximum atomic E-state index is 12.2. The number of nitrogens with two attached hydrogens (primary N) is 1. The summed E-state index contributed by atoms with van der Waals surface area (Å²) >= 11 is 0. The summed E-state index contributed by atoms with van der Waals surface area (Å²) < 4.78 is 0. The molecule has 4 rings (SSSR count). The summed E-state index contributed by atoms with van der Waals surface area (Å²) in [7, 11) is 0. The minimum Gasteiger partial charge on any atom is -0.399 e. The summed E-state index contributed by atoms with van der Waals surface area (Å²) in [6.07, 6.45) is 2.68. The molecule has 0 radical (unpaired) electrons. The minimum atomic E-state index is -0.121. The number of hydrogen-bond donors (Lipinski definition) is 1. The average Bonchev–Trinajstić information content (AvgIpc) is 2.49. The summed E-state index contributed by atoms with van der Waals surface area (Å²) in [5.74, 6) is -0.242. The molecule has 0 saturated heterocycles. The Balaban J connectivity index is 2.18. The number of nitrogen functional groups attached to an aromatic ring is 1. The maximum absolute atomic E-state index is 12.2. The second-order valence-electron chi connectivity index (χ2n) is 5.19. The topological polar surface area (TPSA) is 60.2 Å². The monoisotopic (exact) mass is 273 g/mol. The number of benzene rings is 3. The molecule has 0 amide bonds. The molecule has 1 aliphatic carbocycles. The third kappa shape index (κ3) is 1.61. The standard InChI is InChI=1S/C18H11NO2/c19-11-2-4-12-10(9-11)1-3-14-13(12)5-6-15-16(20)7-8-17(21)18(14)15/h1-9H,19H2. The van der Waals surface area contributed by atoms with Crippen molar-refractivity contribution in [2.75, 3.05) is 5.73 Å². The van der Waals surface area contributed by atoms with Gasteiger partial charge in [0.1, 0.15) is 0 Å². The van der Waals surface area contributed by atoms with Crippen LogP contribution in [0.5, 0.6) is 0 Å². The van der Waals surface area contributed by atoms with Gasteiger partial charge in [0, 0.05) is 16.8 Å². The zero-order valence-corrected chi connectivity index (χ0v) is 11.1. The first-order valence-corrected chi connectivity index (χ1v) is 6.67. The summed E-state index contributed by atoms with van der Waals surface area (Å²) in [6.45, 7) is 0. The van der Waals surface area contributed by atoms with Gasteiger partial charge in [0.25, 0.3) is 0 Å². The van der Waals surface area contributed by atoms with E-state index in [1.807, 2.05) is 36.4 Å². The quantitative estimate of drug-likeness (QED) is 0.503. The van der Waals surface area contributed by atoms with E-state index in [1.165, 1.54) is 12.2 Å². The molecule has 0 unspecified atom stereocenters. The zero-order valence-electron chi connectivity index (χ0n) is 11.1. The van der Waals surface area contributed by atoms with Gasteiger partial charge in [-0.1, -0.05) is 24.3 Å². The van der Waals surface area contributed by atoms with Crippen LogP contribution in [-0.2, 0) is 0 Å². The highest BCUT2D eigenvalue weighted by Crippen LogP contribution is 2.32. The summed E-state index contributed by atoms with van der Waals surface area (Å²) in [4.78, 5) is 24.1. The van der Waals surface area contributed by atoms with Crippen LogP contribution in [0, 0.1) is 0 Å². The molecule has 0 bridgehead atoms. The van der Waals surface area contributed by atoms with E-state index in [1.54, 1.807) is 6.07 Å². The van der Waals surface area contributed by atoms with Crippen LogP contribution in [-0.4, -0.2) is 11.6 Å². The molecule has 0 atom stereocenters. The molecule has 0 aromatic heterocycles. The predicted octanol–water partition coefficient (Wildman–Crippen LogP) is 3.51. The number of carbonyl (C=O) groups is 2. The van der Waals surface area contributed by atoms with Gasteiger partial charge in [0.2, 0.25) is 0 Å². The van der Waals surface area contributed by atoms with E-state index in [0.717, 1.165) is 21.5 Å². The lowest BCUT2D eigenvalue weighted by molar-refractivity contribution is 0.0995. The smallest absolute Gasteiger partial charge is 0.187 e. The molecule has 0 aliphatic heterocycles. The molecular weight excluding hydrogens is 262 g/mol. The van der Waals surface area contributed by atoms with Crippen molar-refractivity contribution < 1.29 is 9.59 Å². The maximum Gasteiger partial charge on any atom is 0.187 e. The molecule has 0 spiro atoms. The molecular formula is C18H11NO2. The van der Waals surface area contributed by atoms with Crippen LogP contribution in [0.3, 0.4) is 0 Å². The van der Waals surface area contributed by atoms with Crippen molar-refractivity contribution in [1.82, 2.24) is 0 Å². The molecule has 0 heterocycles. The lowest BCUT2D eigenvalue weighted by atomic mass is 9.88. The summed E-state index contributed by atoms with van der Waals surface area (Å²) in [5, 5.41) is 3.82. The third-order valence-corrected chi connectivity index (χ3v) is 3.94. The molecule has 0 saturated carbocycles. The number of anilines is 1. The van der Waals surface area contributed by atoms with Gasteiger partial charge in [-0.05, 0) is 51.9 Å². The van der Waals surface area contributed by atoms with Gasteiger partial charge in [-0.2, -0.15) is 0 Å². The molecule has 1 aliphatic rings. The molecule has 3 heteroatoms. The Morgan fingerprint density at radius 1 is 0.714 bits per heavy atom. The summed E-state index contributed by atoms with van der Waals surface area (Å²) in [5.41, 5.74) is 7.49. The van der Waals surface area contributed by atoms with Crippen molar-refractivity contribution in [1.29, 1.82) is 0 Å². The number of allylic oxidation sites excluding steroid dienone is 2. The molecule has 21 heavy (non-hydrogen) atoms. The third-order valence-electron chi connectivity index (χ3n) is 3.94. The van der Waals surface area contributed by atoms with E-state index in [4.69, 9.17) is 5.73 Å². The van der Waals surface area contributed by atoms with Crippen molar-refractivity contribution >= 4 is 38.8 Å². The molecule has 3 nitrogen and oxygen atoms in total. The molecule has 2 N–H and O–H groups in total. The highest BCUT2D eigenvalue weighted by Gasteiger charge is 2.21. The van der Waals surface area contributed by atoms with Crippen molar-refractivity contribution in [3.8, 4) is 0 Å². The fourth-order valence-electron chi connectivity index (χ4n) is 2.96. The second-order valence-corrected chi connectivity index (χ2v) is 5.19. The van der Waals surface area contributed by atoms with Gasteiger partial charge in [-0.3, -0.25) is 9.59 Å². The van der Waals surface area contributed by atoms with Crippen LogP contribution in [0.25, 0.3) is 21.5 Å². The van der Waals surface area contributed by atoms with E-state index in [2.05, 4.69) is 0 Å². The first-order valence-electron chi connectivity index (χ1n) is 6.67. The Morgan fingerprint density at radius 2 is 1.43 bits per heavy atom. The molecule has 100 valence electrons. The van der Waals surface area contributed by atoms with Crippen molar-refractivity contribution in [2.45, 2.75) is 0 Å². The lowest BCUT2D eigenvalue weighted by Gasteiger charge is -2.13. The van der Waals surface area contributed by atoms with E-state index in [9.17, 15) is 9.59 Å². The lowest BCUT2D eigenvalue weighted by Crippen LogP contribution is -2.11. The van der Waals surface area contributed by atoms with Gasteiger partial charge in [-0.25, -0.2) is 0 Å². The Morgan fingerprint density at radius 3 is 2.29 bits per heavy atom. The Kier molecular flexibility index (Phi) is 2.27. The largest absolute Gasteiger partial charge is 0.399 e. The Labute approximate surface area is 120 Å². The van der Waals surface area contributed by atoms with E-state index < -0.39 is 0 Å². The van der Waals surface area contributed by atoms with Crippen LogP contribution in [0.4, 0.5) is 5.69 Å². The Bertz CT molecular complexity index is 983. The number of rotatable bonds is 0. The molecule has 0 fully saturated rings. The van der Waals surface area contributed by atoms with Crippen LogP contribution >= 0.6 is 0 Å². The van der Waals surface area contributed by atoms with Crippen molar-refractivity contribution in [2.24, 2.45) is 0 Å². The predicted molar refractivity (Wildman–Crippen MR) is 83.7 cm³/mol. The Hall–Kier alpha value is -2.94.